The zero-order valence-corrected chi connectivity index (χ0v) is 14.8. The monoisotopic (exact) mass is 342 g/mol. The van der Waals surface area contributed by atoms with E-state index in [9.17, 15) is 8.42 Å². The van der Waals surface area contributed by atoms with Crippen LogP contribution in [0.5, 0.6) is 5.75 Å². The molecule has 0 aliphatic carbocycles. The summed E-state index contributed by atoms with van der Waals surface area (Å²) >= 11 is 0. The highest BCUT2D eigenvalue weighted by Crippen LogP contribution is 2.24. The Morgan fingerprint density at radius 3 is 2.30 bits per heavy atom. The van der Waals surface area contributed by atoms with Gasteiger partial charge in [-0.25, -0.2) is 9.44 Å². The molecule has 7 nitrogen and oxygen atoms in total. The second-order valence-corrected chi connectivity index (χ2v) is 7.39. The largest absolute Gasteiger partial charge is 0.497 e. The van der Waals surface area contributed by atoms with Crippen molar-refractivity contribution < 1.29 is 13.2 Å². The molecule has 0 bridgehead atoms. The van der Waals surface area contributed by atoms with Gasteiger partial charge in [0.25, 0.3) is 10.2 Å². The van der Waals surface area contributed by atoms with Crippen LogP contribution in [0.3, 0.4) is 0 Å². The van der Waals surface area contributed by atoms with Crippen LogP contribution in [0.1, 0.15) is 11.6 Å². The average molecular weight is 342 g/mol. The van der Waals surface area contributed by atoms with Crippen LogP contribution in [-0.2, 0) is 10.2 Å². The van der Waals surface area contributed by atoms with Crippen molar-refractivity contribution >= 4 is 10.2 Å². The number of benzene rings is 1. The van der Waals surface area contributed by atoms with Gasteiger partial charge in [-0.15, -0.1) is 0 Å². The Morgan fingerprint density at radius 2 is 1.78 bits per heavy atom. The lowest BCUT2D eigenvalue weighted by atomic mass is 10.0. The molecule has 0 amide bonds. The summed E-state index contributed by atoms with van der Waals surface area (Å²) < 4.78 is 33.5. The molecule has 0 spiro atoms. The highest BCUT2D eigenvalue weighted by atomic mass is 32.2. The van der Waals surface area contributed by atoms with Crippen molar-refractivity contribution in [1.29, 1.82) is 0 Å². The first-order valence-corrected chi connectivity index (χ1v) is 9.18. The molecule has 1 aromatic carbocycles. The maximum absolute atomic E-state index is 11.7. The van der Waals surface area contributed by atoms with Crippen LogP contribution in [0.25, 0.3) is 0 Å². The summed E-state index contributed by atoms with van der Waals surface area (Å²) in [4.78, 5) is 4.60. The highest BCUT2D eigenvalue weighted by molar-refractivity contribution is 7.87. The number of hydrogen-bond acceptors (Lipinski definition) is 5. The lowest BCUT2D eigenvalue weighted by Crippen LogP contribution is -2.49. The zero-order chi connectivity index (χ0) is 16.9. The lowest BCUT2D eigenvalue weighted by molar-refractivity contribution is 0.113. The fourth-order valence-electron chi connectivity index (χ4n) is 2.68. The molecule has 0 aromatic heterocycles. The number of hydrogen-bond donors (Lipinski definition) is 2. The van der Waals surface area contributed by atoms with Crippen LogP contribution < -0.4 is 14.2 Å². The van der Waals surface area contributed by atoms with Gasteiger partial charge in [0.1, 0.15) is 5.75 Å². The van der Waals surface area contributed by atoms with Crippen LogP contribution in [-0.4, -0.2) is 72.1 Å². The average Bonchev–Trinajstić information content (AvgIpc) is 2.57. The number of nitrogens with zero attached hydrogens (tertiary/aromatic N) is 2. The molecule has 1 unspecified atom stereocenters. The standard InChI is InChI=1S/C15H26N4O3S/c1-16-23(20,21)17-12-15(19-10-8-18(2)9-11-19)13-4-6-14(22-3)7-5-13/h4-7,15-17H,8-12H2,1-3H3. The Kier molecular flexibility index (Phi) is 6.37. The quantitative estimate of drug-likeness (QED) is 0.732. The van der Waals surface area contributed by atoms with E-state index in [-0.39, 0.29) is 6.04 Å². The number of likely N-dealkylation sites (N-methyl/N-ethyl adjacent to an activating group) is 1. The van der Waals surface area contributed by atoms with Crippen LogP contribution in [0, 0.1) is 0 Å². The molecular formula is C15H26N4O3S. The lowest BCUT2D eigenvalue weighted by Gasteiger charge is -2.38. The molecule has 1 fully saturated rings. The van der Waals surface area contributed by atoms with E-state index >= 15 is 0 Å². The first-order valence-electron chi connectivity index (χ1n) is 7.70. The maximum atomic E-state index is 11.7. The molecule has 1 aromatic rings. The summed E-state index contributed by atoms with van der Waals surface area (Å²) in [5.41, 5.74) is 1.08. The van der Waals surface area contributed by atoms with Gasteiger partial charge in [-0.05, 0) is 24.7 Å². The van der Waals surface area contributed by atoms with Crippen LogP contribution in [0.15, 0.2) is 24.3 Å². The van der Waals surface area contributed by atoms with Crippen molar-refractivity contribution in [2.45, 2.75) is 6.04 Å². The van der Waals surface area contributed by atoms with Gasteiger partial charge < -0.3 is 9.64 Å². The van der Waals surface area contributed by atoms with Crippen LogP contribution in [0.4, 0.5) is 0 Å². The Hall–Kier alpha value is -1.19. The fourth-order valence-corrected chi connectivity index (χ4v) is 3.20. The summed E-state index contributed by atoms with van der Waals surface area (Å²) in [6.07, 6.45) is 0. The van der Waals surface area contributed by atoms with E-state index in [0.717, 1.165) is 37.5 Å². The van der Waals surface area contributed by atoms with E-state index in [4.69, 9.17) is 4.74 Å². The molecule has 1 heterocycles. The predicted octanol–water partition coefficient (Wildman–Crippen LogP) is 0.0375. The molecule has 2 rings (SSSR count). The molecule has 0 saturated carbocycles. The predicted molar refractivity (Wildman–Crippen MR) is 90.8 cm³/mol. The van der Waals surface area contributed by atoms with Crippen molar-refractivity contribution in [3.8, 4) is 5.75 Å². The zero-order valence-electron chi connectivity index (χ0n) is 13.9. The van der Waals surface area contributed by atoms with E-state index in [1.165, 1.54) is 7.05 Å². The van der Waals surface area contributed by atoms with Gasteiger partial charge in [-0.1, -0.05) is 12.1 Å². The Bertz CT molecular complexity index is 583. The number of rotatable bonds is 7. The molecule has 0 radical (unpaired) electrons. The molecular weight excluding hydrogens is 316 g/mol. The summed E-state index contributed by atoms with van der Waals surface area (Å²) in [5.74, 6) is 0.793. The van der Waals surface area contributed by atoms with Crippen molar-refractivity contribution in [2.24, 2.45) is 0 Å². The minimum atomic E-state index is -3.45. The molecule has 1 aliphatic heterocycles. The number of ether oxygens (including phenoxy) is 1. The molecule has 8 heteroatoms. The molecule has 1 aliphatic rings. The van der Waals surface area contributed by atoms with E-state index in [1.54, 1.807) is 7.11 Å². The van der Waals surface area contributed by atoms with Crippen molar-refractivity contribution in [2.75, 3.05) is 53.9 Å². The maximum Gasteiger partial charge on any atom is 0.276 e. The van der Waals surface area contributed by atoms with E-state index in [0.29, 0.717) is 6.54 Å². The Labute approximate surface area is 138 Å². The van der Waals surface area contributed by atoms with Crippen LogP contribution >= 0.6 is 0 Å². The minimum Gasteiger partial charge on any atom is -0.497 e. The van der Waals surface area contributed by atoms with Crippen LogP contribution in [0.2, 0.25) is 0 Å². The smallest absolute Gasteiger partial charge is 0.276 e. The Morgan fingerprint density at radius 1 is 1.17 bits per heavy atom. The van der Waals surface area contributed by atoms with E-state index in [2.05, 4.69) is 26.3 Å². The van der Waals surface area contributed by atoms with Crippen molar-refractivity contribution in [1.82, 2.24) is 19.2 Å². The number of piperazine rings is 1. The fraction of sp³-hybridized carbons (Fsp3) is 0.600. The van der Waals surface area contributed by atoms with Gasteiger partial charge in [0.05, 0.1) is 7.11 Å². The SMILES string of the molecule is CNS(=O)(=O)NCC(c1ccc(OC)cc1)N1CCN(C)CC1. The number of nitrogens with one attached hydrogen (secondary N) is 2. The first-order chi connectivity index (χ1) is 10.9. The molecule has 2 N–H and O–H groups in total. The van der Waals surface area contributed by atoms with E-state index in [1.807, 2.05) is 24.3 Å². The summed E-state index contributed by atoms with van der Waals surface area (Å²) in [5, 5.41) is 0. The summed E-state index contributed by atoms with van der Waals surface area (Å²) in [7, 11) is 1.69. The number of methoxy groups -OCH3 is 1. The second kappa shape index (κ2) is 8.07. The van der Waals surface area contributed by atoms with Gasteiger partial charge >= 0.3 is 0 Å². The van der Waals surface area contributed by atoms with Gasteiger partial charge in [0, 0.05) is 45.8 Å². The molecule has 130 valence electrons. The van der Waals surface area contributed by atoms with Gasteiger partial charge in [0.2, 0.25) is 0 Å². The van der Waals surface area contributed by atoms with Gasteiger partial charge in [-0.3, -0.25) is 4.90 Å². The first kappa shape index (κ1) is 18.2. The van der Waals surface area contributed by atoms with Gasteiger partial charge in [0.15, 0.2) is 0 Å². The Balaban J connectivity index is 2.15. The van der Waals surface area contributed by atoms with Gasteiger partial charge in [-0.2, -0.15) is 8.42 Å². The van der Waals surface area contributed by atoms with E-state index < -0.39 is 10.2 Å². The van der Waals surface area contributed by atoms with Crippen molar-refractivity contribution in [3.63, 3.8) is 0 Å². The summed E-state index contributed by atoms with van der Waals surface area (Å²) in [6, 6.07) is 7.80. The molecule has 23 heavy (non-hydrogen) atoms. The normalized spacial score (nSPS) is 18.7. The highest BCUT2D eigenvalue weighted by Gasteiger charge is 2.25. The molecule has 1 atom stereocenters. The third-order valence-electron chi connectivity index (χ3n) is 4.21. The minimum absolute atomic E-state index is 0.00210. The third kappa shape index (κ3) is 5.15. The third-order valence-corrected chi connectivity index (χ3v) is 5.30. The van der Waals surface area contributed by atoms with Crippen molar-refractivity contribution in [3.05, 3.63) is 29.8 Å². The summed E-state index contributed by atoms with van der Waals surface area (Å²) in [6.45, 7) is 4.11. The topological polar surface area (TPSA) is 73.9 Å². The second-order valence-electron chi connectivity index (χ2n) is 5.68. The molecule has 1 saturated heterocycles.